The number of carbonyl (C=O) groups is 1. The van der Waals surface area contributed by atoms with Crippen LogP contribution in [0.5, 0.6) is 0 Å². The molecule has 0 heterocycles. The molecule has 2 N–H and O–H groups in total. The van der Waals surface area contributed by atoms with Crippen molar-refractivity contribution in [3.63, 3.8) is 0 Å². The lowest BCUT2D eigenvalue weighted by atomic mass is 10.1. The molecular weight excluding hydrogens is 268 g/mol. The first kappa shape index (κ1) is 17.1. The number of carbonyl (C=O) groups excluding carboxylic acids is 1. The summed E-state index contributed by atoms with van der Waals surface area (Å²) in [7, 11) is 1.68. The third kappa shape index (κ3) is 6.44. The van der Waals surface area contributed by atoms with Crippen molar-refractivity contribution < 1.29 is 4.79 Å². The molecule has 3 nitrogen and oxygen atoms in total. The quantitative estimate of drug-likeness (QED) is 0.542. The van der Waals surface area contributed by atoms with E-state index in [1.807, 2.05) is 11.8 Å². The molecule has 1 aromatic rings. The van der Waals surface area contributed by atoms with Crippen molar-refractivity contribution in [3.05, 3.63) is 29.8 Å². The zero-order valence-corrected chi connectivity index (χ0v) is 13.6. The van der Waals surface area contributed by atoms with Crippen molar-refractivity contribution in [2.45, 2.75) is 44.0 Å². The molecule has 20 heavy (non-hydrogen) atoms. The third-order valence-electron chi connectivity index (χ3n) is 3.18. The molecular formula is C16H26N2OS. The summed E-state index contributed by atoms with van der Waals surface area (Å²) in [6, 6.07) is 9.12. The third-order valence-corrected chi connectivity index (χ3v) is 4.27. The standard InChI is InChI=1S/C16H26N2OS/c1-4-11-18-13(2)14-7-9-15(10-8-14)20-12-5-6-16(19)17-3/h7-10,13,18H,4-6,11-12H2,1-3H3,(H,17,19). The number of benzene rings is 1. The van der Waals surface area contributed by atoms with Crippen LogP contribution in [0.15, 0.2) is 29.2 Å². The summed E-state index contributed by atoms with van der Waals surface area (Å²) >= 11 is 1.81. The minimum Gasteiger partial charge on any atom is -0.359 e. The fraction of sp³-hybridized carbons (Fsp3) is 0.562. The minimum atomic E-state index is 0.122. The Bertz CT molecular complexity index is 392. The molecule has 0 saturated heterocycles. The largest absolute Gasteiger partial charge is 0.359 e. The van der Waals surface area contributed by atoms with E-state index in [0.717, 1.165) is 25.1 Å². The van der Waals surface area contributed by atoms with Gasteiger partial charge in [0, 0.05) is 24.4 Å². The Hall–Kier alpha value is -1.00. The number of hydrogen-bond donors (Lipinski definition) is 2. The summed E-state index contributed by atoms with van der Waals surface area (Å²) in [5, 5.41) is 6.13. The molecule has 0 aromatic heterocycles. The average molecular weight is 294 g/mol. The molecule has 1 atom stereocenters. The van der Waals surface area contributed by atoms with E-state index in [-0.39, 0.29) is 5.91 Å². The maximum absolute atomic E-state index is 11.1. The van der Waals surface area contributed by atoms with Crippen LogP contribution >= 0.6 is 11.8 Å². The number of rotatable bonds is 9. The second-order valence-electron chi connectivity index (χ2n) is 4.87. The molecule has 0 saturated carbocycles. The zero-order valence-electron chi connectivity index (χ0n) is 12.7. The highest BCUT2D eigenvalue weighted by molar-refractivity contribution is 7.99. The molecule has 1 amide bonds. The average Bonchev–Trinajstić information content (AvgIpc) is 2.49. The van der Waals surface area contributed by atoms with E-state index in [2.05, 4.69) is 48.7 Å². The van der Waals surface area contributed by atoms with Crippen molar-refractivity contribution in [2.75, 3.05) is 19.3 Å². The Labute approximate surface area is 126 Å². The Morgan fingerprint density at radius 1 is 1.30 bits per heavy atom. The SMILES string of the molecule is CCCNC(C)c1ccc(SCCCC(=O)NC)cc1. The Morgan fingerprint density at radius 2 is 2.00 bits per heavy atom. The highest BCUT2D eigenvalue weighted by Gasteiger charge is 2.04. The fourth-order valence-corrected chi connectivity index (χ4v) is 2.73. The van der Waals surface area contributed by atoms with Crippen LogP contribution in [0.3, 0.4) is 0 Å². The van der Waals surface area contributed by atoms with Gasteiger partial charge in [-0.2, -0.15) is 0 Å². The van der Waals surface area contributed by atoms with E-state index in [0.29, 0.717) is 12.5 Å². The Morgan fingerprint density at radius 3 is 2.60 bits per heavy atom. The first-order valence-corrected chi connectivity index (χ1v) is 8.32. The highest BCUT2D eigenvalue weighted by Crippen LogP contribution is 2.22. The molecule has 1 unspecified atom stereocenters. The predicted octanol–water partition coefficient (Wildman–Crippen LogP) is 3.37. The lowest BCUT2D eigenvalue weighted by Gasteiger charge is -2.14. The van der Waals surface area contributed by atoms with Crippen LogP contribution in [-0.2, 0) is 4.79 Å². The van der Waals surface area contributed by atoms with Crippen molar-refractivity contribution in [1.29, 1.82) is 0 Å². The van der Waals surface area contributed by atoms with E-state index in [1.165, 1.54) is 10.5 Å². The van der Waals surface area contributed by atoms with E-state index in [9.17, 15) is 4.79 Å². The van der Waals surface area contributed by atoms with Gasteiger partial charge in [0.1, 0.15) is 0 Å². The second-order valence-corrected chi connectivity index (χ2v) is 6.04. The van der Waals surface area contributed by atoms with Gasteiger partial charge in [0.25, 0.3) is 0 Å². The summed E-state index contributed by atoms with van der Waals surface area (Å²) in [4.78, 5) is 12.4. The van der Waals surface area contributed by atoms with Gasteiger partial charge in [-0.25, -0.2) is 0 Å². The lowest BCUT2D eigenvalue weighted by Crippen LogP contribution is -2.19. The number of thioether (sulfide) groups is 1. The predicted molar refractivity (Wildman–Crippen MR) is 87.2 cm³/mol. The van der Waals surface area contributed by atoms with Crippen LogP contribution in [0.2, 0.25) is 0 Å². The molecule has 0 aliphatic rings. The molecule has 0 spiro atoms. The van der Waals surface area contributed by atoms with Gasteiger partial charge in [-0.1, -0.05) is 19.1 Å². The number of nitrogens with one attached hydrogen (secondary N) is 2. The van der Waals surface area contributed by atoms with Crippen LogP contribution in [0.4, 0.5) is 0 Å². The zero-order chi connectivity index (χ0) is 14.8. The number of amides is 1. The smallest absolute Gasteiger partial charge is 0.219 e. The van der Waals surface area contributed by atoms with Crippen molar-refractivity contribution in [2.24, 2.45) is 0 Å². The summed E-state index contributed by atoms with van der Waals surface area (Å²) in [6.07, 6.45) is 2.68. The van der Waals surface area contributed by atoms with Gasteiger partial charge in [-0.15, -0.1) is 11.8 Å². The highest BCUT2D eigenvalue weighted by atomic mass is 32.2. The van der Waals surface area contributed by atoms with Crippen LogP contribution in [0.1, 0.15) is 44.7 Å². The van der Waals surface area contributed by atoms with Gasteiger partial charge in [0.05, 0.1) is 0 Å². The van der Waals surface area contributed by atoms with Gasteiger partial charge in [0.15, 0.2) is 0 Å². The summed E-state index contributed by atoms with van der Waals surface area (Å²) in [5.74, 6) is 1.10. The van der Waals surface area contributed by atoms with Crippen molar-refractivity contribution in [1.82, 2.24) is 10.6 Å². The molecule has 112 valence electrons. The molecule has 1 aromatic carbocycles. The molecule has 0 radical (unpaired) electrons. The fourth-order valence-electron chi connectivity index (χ4n) is 1.88. The van der Waals surface area contributed by atoms with E-state index in [1.54, 1.807) is 7.05 Å². The van der Waals surface area contributed by atoms with Crippen molar-refractivity contribution in [3.8, 4) is 0 Å². The maximum Gasteiger partial charge on any atom is 0.219 e. The Balaban J connectivity index is 2.33. The molecule has 0 aliphatic heterocycles. The minimum absolute atomic E-state index is 0.122. The van der Waals surface area contributed by atoms with E-state index < -0.39 is 0 Å². The van der Waals surface area contributed by atoms with Crippen LogP contribution in [0.25, 0.3) is 0 Å². The molecule has 0 bridgehead atoms. The first-order valence-electron chi connectivity index (χ1n) is 7.34. The monoisotopic (exact) mass is 294 g/mol. The summed E-state index contributed by atoms with van der Waals surface area (Å²) < 4.78 is 0. The van der Waals surface area contributed by atoms with Crippen LogP contribution < -0.4 is 10.6 Å². The summed E-state index contributed by atoms with van der Waals surface area (Å²) in [5.41, 5.74) is 1.33. The normalized spacial score (nSPS) is 12.2. The molecule has 0 fully saturated rings. The number of hydrogen-bond acceptors (Lipinski definition) is 3. The van der Waals surface area contributed by atoms with Gasteiger partial charge in [0.2, 0.25) is 5.91 Å². The molecule has 0 aliphatic carbocycles. The molecule has 4 heteroatoms. The van der Waals surface area contributed by atoms with Crippen LogP contribution in [-0.4, -0.2) is 25.3 Å². The van der Waals surface area contributed by atoms with E-state index >= 15 is 0 Å². The van der Waals surface area contributed by atoms with Gasteiger partial charge in [-0.3, -0.25) is 4.79 Å². The first-order chi connectivity index (χ1) is 9.67. The van der Waals surface area contributed by atoms with Gasteiger partial charge >= 0.3 is 0 Å². The maximum atomic E-state index is 11.1. The van der Waals surface area contributed by atoms with Gasteiger partial charge in [-0.05, 0) is 49.8 Å². The summed E-state index contributed by atoms with van der Waals surface area (Å²) in [6.45, 7) is 5.43. The van der Waals surface area contributed by atoms with Crippen LogP contribution in [0, 0.1) is 0 Å². The molecule has 1 rings (SSSR count). The van der Waals surface area contributed by atoms with E-state index in [4.69, 9.17) is 0 Å². The van der Waals surface area contributed by atoms with Gasteiger partial charge < -0.3 is 10.6 Å². The topological polar surface area (TPSA) is 41.1 Å². The van der Waals surface area contributed by atoms with Crippen molar-refractivity contribution >= 4 is 17.7 Å². The Kier molecular flexibility index (Phi) is 8.38. The second kappa shape index (κ2) is 9.83. The lowest BCUT2D eigenvalue weighted by molar-refractivity contribution is -0.120.